The van der Waals surface area contributed by atoms with Crippen LogP contribution in [0.25, 0.3) is 78.1 Å². The number of para-hydroxylation sites is 1. The zero-order chi connectivity index (χ0) is 32.9. The highest BCUT2D eigenvalue weighted by molar-refractivity contribution is 7.79. The van der Waals surface area contributed by atoms with Gasteiger partial charge in [0.15, 0.2) is 5.71 Å². The van der Waals surface area contributed by atoms with E-state index in [0.717, 1.165) is 88.7 Å². The molecule has 6 heteroatoms. The van der Waals surface area contributed by atoms with Crippen LogP contribution < -0.4 is 5.41 Å². The third-order valence-electron chi connectivity index (χ3n) is 9.23. The van der Waals surface area contributed by atoms with Gasteiger partial charge in [0.05, 0.1) is 39.2 Å². The van der Waals surface area contributed by atoms with Crippen molar-refractivity contribution in [3.05, 3.63) is 162 Å². The summed E-state index contributed by atoms with van der Waals surface area (Å²) in [4.78, 5) is 15.4. The molecule has 0 bridgehead atoms. The first kappa shape index (κ1) is 28.9. The number of aromatic nitrogens is 3. The van der Waals surface area contributed by atoms with Crippen molar-refractivity contribution in [1.29, 1.82) is 0 Å². The first-order valence-corrected chi connectivity index (χ1v) is 16.5. The Bertz CT molecular complexity index is 2660. The van der Waals surface area contributed by atoms with Crippen molar-refractivity contribution in [2.45, 2.75) is 0 Å². The maximum absolute atomic E-state index is 6.79. The van der Waals surface area contributed by atoms with Gasteiger partial charge in [-0.15, -0.1) is 0 Å². The maximum Gasteiger partial charge on any atom is 0.231 e. The van der Waals surface area contributed by atoms with Crippen molar-refractivity contribution in [2.75, 3.05) is 0 Å². The Labute approximate surface area is 288 Å². The predicted molar refractivity (Wildman–Crippen MR) is 205 cm³/mol. The van der Waals surface area contributed by atoms with Crippen LogP contribution in [0.5, 0.6) is 0 Å². The summed E-state index contributed by atoms with van der Waals surface area (Å²) >= 11 is 4.40. The van der Waals surface area contributed by atoms with Gasteiger partial charge >= 0.3 is 0 Å². The lowest BCUT2D eigenvalue weighted by Gasteiger charge is -2.21. The molecule has 230 valence electrons. The topological polar surface area (TPSA) is 76.6 Å². The summed E-state index contributed by atoms with van der Waals surface area (Å²) in [6, 6.07) is 49.5. The number of allylic oxidation sites excluding steroid dienone is 1. The van der Waals surface area contributed by atoms with Gasteiger partial charge in [-0.1, -0.05) is 127 Å². The smallest absolute Gasteiger partial charge is 0.231 e. The second-order valence-electron chi connectivity index (χ2n) is 12.1. The van der Waals surface area contributed by atoms with Crippen molar-refractivity contribution in [2.24, 2.45) is 4.40 Å². The van der Waals surface area contributed by atoms with Crippen LogP contribution in [-0.2, 0) is 0 Å². The number of pyridine rings is 3. The molecule has 9 rings (SSSR count). The number of benzene rings is 5. The molecule has 5 nitrogen and oxygen atoms in total. The molecule has 0 atom stereocenters. The fourth-order valence-electron chi connectivity index (χ4n) is 6.78. The zero-order valence-corrected chi connectivity index (χ0v) is 27.1. The van der Waals surface area contributed by atoms with E-state index in [4.69, 9.17) is 20.4 Å². The SMILES string of the molecule is [NH2+]=C1C(c2ccccc2)=Cc2c(-c3ccc(-c4ccc5ccc6ccc(-c7ccccc7)nc6c5n4)cc3)nc3ccccc3c2C1=NS. The lowest BCUT2D eigenvalue weighted by Crippen LogP contribution is -2.47. The van der Waals surface area contributed by atoms with Crippen LogP contribution in [0.4, 0.5) is 0 Å². The number of fused-ring (bicyclic) bond motifs is 6. The molecule has 1 aliphatic rings. The molecular formula is C43H28N5S+. The molecule has 0 saturated carbocycles. The van der Waals surface area contributed by atoms with Gasteiger partial charge in [0, 0.05) is 44.0 Å². The molecule has 0 spiro atoms. The van der Waals surface area contributed by atoms with Gasteiger partial charge in [-0.25, -0.2) is 19.3 Å². The van der Waals surface area contributed by atoms with E-state index in [2.05, 4.69) is 114 Å². The molecule has 0 saturated heterocycles. The van der Waals surface area contributed by atoms with Gasteiger partial charge < -0.3 is 0 Å². The summed E-state index contributed by atoms with van der Waals surface area (Å²) in [6.45, 7) is 0. The van der Waals surface area contributed by atoms with Crippen LogP contribution in [-0.4, -0.2) is 26.4 Å². The van der Waals surface area contributed by atoms with Crippen LogP contribution >= 0.6 is 12.8 Å². The maximum atomic E-state index is 6.79. The highest BCUT2D eigenvalue weighted by Crippen LogP contribution is 2.38. The standard InChI is InChI=1S/C43H27N5S/c44-39-33(26-9-3-1-4-10-26)25-34-38(43(39)48-49)32-13-7-8-14-37(32)47-40(34)29-17-15-28(16-18-29)36-24-22-31-20-19-30-21-23-35(27-11-5-2-6-12-27)45-41(30)42(31)46-36/h1-25,44,49H/p+1. The van der Waals surface area contributed by atoms with Crippen LogP contribution in [0.3, 0.4) is 0 Å². The number of nitrogens with two attached hydrogens (primary N) is 1. The fourth-order valence-corrected chi connectivity index (χ4v) is 6.99. The Hall–Kier alpha value is -6.24. The van der Waals surface area contributed by atoms with E-state index in [1.54, 1.807) is 0 Å². The molecule has 0 fully saturated rings. The number of rotatable bonds is 4. The van der Waals surface area contributed by atoms with E-state index in [0.29, 0.717) is 11.4 Å². The second kappa shape index (κ2) is 11.8. The first-order valence-electron chi connectivity index (χ1n) is 16.1. The predicted octanol–water partition coefficient (Wildman–Crippen LogP) is 8.72. The fraction of sp³-hybridized carbons (Fsp3) is 0. The van der Waals surface area contributed by atoms with Gasteiger partial charge in [0.1, 0.15) is 0 Å². The van der Waals surface area contributed by atoms with Crippen molar-refractivity contribution in [3.63, 3.8) is 0 Å². The molecule has 0 amide bonds. The summed E-state index contributed by atoms with van der Waals surface area (Å²) in [5.74, 6) is 0. The number of hydrogen-bond acceptors (Lipinski definition) is 5. The van der Waals surface area contributed by atoms with E-state index in [-0.39, 0.29) is 0 Å². The molecule has 0 unspecified atom stereocenters. The lowest BCUT2D eigenvalue weighted by molar-refractivity contribution is -0.108. The van der Waals surface area contributed by atoms with E-state index >= 15 is 0 Å². The number of hydrogen-bond donors (Lipinski definition) is 2. The van der Waals surface area contributed by atoms with Crippen molar-refractivity contribution in [3.8, 4) is 33.8 Å². The largest absolute Gasteiger partial charge is 0.252 e. The molecule has 0 radical (unpaired) electrons. The summed E-state index contributed by atoms with van der Waals surface area (Å²) < 4.78 is 4.42. The van der Waals surface area contributed by atoms with E-state index in [9.17, 15) is 0 Å². The molecule has 1 aliphatic carbocycles. The van der Waals surface area contributed by atoms with Gasteiger partial charge in [-0.3, -0.25) is 5.41 Å². The minimum atomic E-state index is 0.589. The molecule has 8 aromatic rings. The summed E-state index contributed by atoms with van der Waals surface area (Å²) in [6.07, 6.45) is 2.14. The summed E-state index contributed by atoms with van der Waals surface area (Å²) in [5.41, 5.74) is 13.4. The van der Waals surface area contributed by atoms with Gasteiger partial charge in [0.2, 0.25) is 5.71 Å². The lowest BCUT2D eigenvalue weighted by atomic mass is 9.82. The molecular weight excluding hydrogens is 619 g/mol. The third-order valence-corrected chi connectivity index (χ3v) is 9.43. The Morgan fingerprint density at radius 3 is 1.67 bits per heavy atom. The van der Waals surface area contributed by atoms with Crippen molar-refractivity contribution >= 4 is 68.6 Å². The Morgan fingerprint density at radius 1 is 0.510 bits per heavy atom. The monoisotopic (exact) mass is 646 g/mol. The van der Waals surface area contributed by atoms with Gasteiger partial charge in [-0.05, 0) is 42.7 Å². The quantitative estimate of drug-likeness (QED) is 0.148. The Morgan fingerprint density at radius 2 is 1.04 bits per heavy atom. The highest BCUT2D eigenvalue weighted by Gasteiger charge is 2.32. The van der Waals surface area contributed by atoms with E-state index < -0.39 is 0 Å². The van der Waals surface area contributed by atoms with Crippen molar-refractivity contribution < 1.29 is 5.41 Å². The van der Waals surface area contributed by atoms with Crippen LogP contribution in [0.1, 0.15) is 16.7 Å². The number of nitrogens with zero attached hydrogens (tertiary/aromatic N) is 4. The number of thiol groups is 1. The van der Waals surface area contributed by atoms with Gasteiger partial charge in [0.25, 0.3) is 0 Å². The van der Waals surface area contributed by atoms with E-state index in [1.165, 1.54) is 0 Å². The minimum absolute atomic E-state index is 0.589. The Balaban J connectivity index is 1.18. The van der Waals surface area contributed by atoms with Crippen molar-refractivity contribution in [1.82, 2.24) is 15.0 Å². The first-order chi connectivity index (χ1) is 24.2. The van der Waals surface area contributed by atoms with Crippen LogP contribution in [0.2, 0.25) is 0 Å². The molecule has 2 N–H and O–H groups in total. The third kappa shape index (κ3) is 4.93. The van der Waals surface area contributed by atoms with Gasteiger partial charge in [-0.2, -0.15) is 0 Å². The molecule has 5 aromatic carbocycles. The zero-order valence-electron chi connectivity index (χ0n) is 26.2. The molecule has 49 heavy (non-hydrogen) atoms. The van der Waals surface area contributed by atoms with E-state index in [1.807, 2.05) is 54.6 Å². The highest BCUT2D eigenvalue weighted by atomic mass is 32.1. The second-order valence-corrected chi connectivity index (χ2v) is 12.3. The average Bonchev–Trinajstić information content (AvgIpc) is 3.17. The average molecular weight is 647 g/mol. The van der Waals surface area contributed by atoms with Crippen LogP contribution in [0, 0.1) is 0 Å². The van der Waals surface area contributed by atoms with Crippen LogP contribution in [0.15, 0.2) is 150 Å². The molecule has 3 heterocycles. The summed E-state index contributed by atoms with van der Waals surface area (Å²) in [5, 5.41) is 9.89. The Kier molecular flexibility index (Phi) is 6.95. The minimum Gasteiger partial charge on any atom is -0.252 e. The normalized spacial score (nSPS) is 13.6. The molecule has 0 aliphatic heterocycles. The molecule has 3 aromatic heterocycles. The summed E-state index contributed by atoms with van der Waals surface area (Å²) in [7, 11) is 0.